The zero-order valence-corrected chi connectivity index (χ0v) is 19.8. The molecule has 0 saturated heterocycles. The summed E-state index contributed by atoms with van der Waals surface area (Å²) in [5, 5.41) is 11.1. The summed E-state index contributed by atoms with van der Waals surface area (Å²) >= 11 is 0. The molecule has 1 aliphatic carbocycles. The molecular formula is C22H39NaO4. The third-order valence-corrected chi connectivity index (χ3v) is 5.61. The van der Waals surface area contributed by atoms with Crippen molar-refractivity contribution in [3.8, 4) is 0 Å². The van der Waals surface area contributed by atoms with Crippen LogP contribution in [0, 0.1) is 11.8 Å². The Kier molecular flexibility index (Phi) is 18.0. The van der Waals surface area contributed by atoms with Gasteiger partial charge in [0.15, 0.2) is 0 Å². The molecule has 1 fully saturated rings. The summed E-state index contributed by atoms with van der Waals surface area (Å²) in [5.74, 6) is -2.58. The molecule has 0 bridgehead atoms. The zero-order valence-electron chi connectivity index (χ0n) is 17.8. The van der Waals surface area contributed by atoms with Gasteiger partial charge in [0.1, 0.15) is 0 Å². The van der Waals surface area contributed by atoms with E-state index in [1.807, 2.05) is 0 Å². The molecule has 0 radical (unpaired) electrons. The van der Waals surface area contributed by atoms with E-state index in [2.05, 4.69) is 6.92 Å². The van der Waals surface area contributed by atoms with Gasteiger partial charge in [0.2, 0.25) is 0 Å². The molecule has 1 saturated carbocycles. The fraction of sp³-hybridized carbons (Fsp3) is 0.909. The summed E-state index contributed by atoms with van der Waals surface area (Å²) < 4.78 is 5.32. The predicted molar refractivity (Wildman–Crippen MR) is 102 cm³/mol. The molecule has 1 rings (SSSR count). The van der Waals surface area contributed by atoms with E-state index in [0.717, 1.165) is 25.7 Å². The topological polar surface area (TPSA) is 66.4 Å². The quantitative estimate of drug-likeness (QED) is 0.243. The number of carbonyl (C=O) groups excluding carboxylic acids is 2. The number of hydrogen-bond acceptors (Lipinski definition) is 4. The summed E-state index contributed by atoms with van der Waals surface area (Å²) in [5.41, 5.74) is 0. The number of aliphatic carboxylic acids is 1. The van der Waals surface area contributed by atoms with Crippen molar-refractivity contribution in [2.24, 2.45) is 11.8 Å². The Morgan fingerprint density at radius 1 is 0.778 bits per heavy atom. The summed E-state index contributed by atoms with van der Waals surface area (Å²) in [6, 6.07) is 0. The average Bonchev–Trinajstić information content (AvgIpc) is 2.65. The fourth-order valence-corrected chi connectivity index (χ4v) is 3.92. The SMILES string of the molecule is CCCCCCCCCCCCCCOC(=O)C1CCCCC1C(=O)[O-].[Na+]. The Labute approximate surface area is 188 Å². The maximum absolute atomic E-state index is 12.1. The summed E-state index contributed by atoms with van der Waals surface area (Å²) in [6.07, 6.45) is 18.2. The Hall–Kier alpha value is -0.0600. The van der Waals surface area contributed by atoms with Crippen molar-refractivity contribution in [2.45, 2.75) is 110 Å². The number of unbranched alkanes of at least 4 members (excludes halogenated alkanes) is 11. The molecule has 0 amide bonds. The number of ether oxygens (including phenoxy) is 1. The molecule has 2 atom stereocenters. The number of esters is 1. The summed E-state index contributed by atoms with van der Waals surface area (Å²) in [4.78, 5) is 23.2. The molecule has 0 N–H and O–H groups in total. The second kappa shape index (κ2) is 18.0. The van der Waals surface area contributed by atoms with Gasteiger partial charge in [0, 0.05) is 11.9 Å². The third kappa shape index (κ3) is 12.9. The van der Waals surface area contributed by atoms with E-state index in [1.165, 1.54) is 64.2 Å². The Morgan fingerprint density at radius 3 is 1.70 bits per heavy atom. The van der Waals surface area contributed by atoms with Gasteiger partial charge < -0.3 is 14.6 Å². The standard InChI is InChI=1S/C22H40O4.Na/c1-2-3-4-5-6-7-8-9-10-11-12-15-18-26-22(25)20-17-14-13-16-19(20)21(23)24;/h19-20H,2-18H2,1H3,(H,23,24);/q;+1/p-1. The minimum atomic E-state index is -1.10. The van der Waals surface area contributed by atoms with Crippen LogP contribution in [0.5, 0.6) is 0 Å². The first-order valence-electron chi connectivity index (χ1n) is 11.0. The molecule has 0 aliphatic heterocycles. The van der Waals surface area contributed by atoms with Crippen LogP contribution in [0.25, 0.3) is 0 Å². The van der Waals surface area contributed by atoms with Crippen molar-refractivity contribution in [2.75, 3.05) is 6.61 Å². The van der Waals surface area contributed by atoms with E-state index >= 15 is 0 Å². The van der Waals surface area contributed by atoms with Crippen molar-refractivity contribution in [1.82, 2.24) is 0 Å². The first kappa shape index (κ1) is 26.9. The van der Waals surface area contributed by atoms with E-state index in [0.29, 0.717) is 19.4 Å². The van der Waals surface area contributed by atoms with Crippen molar-refractivity contribution in [1.29, 1.82) is 0 Å². The van der Waals surface area contributed by atoms with E-state index in [4.69, 9.17) is 4.74 Å². The van der Waals surface area contributed by atoms with Crippen molar-refractivity contribution < 1.29 is 49.0 Å². The van der Waals surface area contributed by atoms with Gasteiger partial charge in [-0.05, 0) is 19.3 Å². The molecule has 0 aromatic heterocycles. The average molecular weight is 391 g/mol. The van der Waals surface area contributed by atoms with Gasteiger partial charge in [-0.15, -0.1) is 0 Å². The van der Waals surface area contributed by atoms with Crippen LogP contribution in [0.4, 0.5) is 0 Å². The molecule has 2 unspecified atom stereocenters. The van der Waals surface area contributed by atoms with Crippen LogP contribution in [0.15, 0.2) is 0 Å². The second-order valence-corrected chi connectivity index (χ2v) is 7.87. The molecule has 0 spiro atoms. The molecule has 0 heterocycles. The van der Waals surface area contributed by atoms with Crippen LogP contribution < -0.4 is 34.7 Å². The van der Waals surface area contributed by atoms with Crippen LogP contribution in [0.2, 0.25) is 0 Å². The van der Waals surface area contributed by atoms with Gasteiger partial charge in [0.05, 0.1) is 12.5 Å². The van der Waals surface area contributed by atoms with Crippen LogP contribution >= 0.6 is 0 Å². The van der Waals surface area contributed by atoms with Crippen molar-refractivity contribution in [3.05, 3.63) is 0 Å². The summed E-state index contributed by atoms with van der Waals surface area (Å²) in [7, 11) is 0. The normalized spacial score (nSPS) is 19.3. The van der Waals surface area contributed by atoms with Crippen molar-refractivity contribution in [3.63, 3.8) is 0 Å². The molecule has 152 valence electrons. The predicted octanol–water partition coefficient (Wildman–Crippen LogP) is 1.79. The Balaban J connectivity index is 0.00000676. The summed E-state index contributed by atoms with van der Waals surface area (Å²) in [6.45, 7) is 2.67. The number of rotatable bonds is 15. The van der Waals surface area contributed by atoms with E-state index < -0.39 is 17.8 Å². The van der Waals surface area contributed by atoms with Crippen LogP contribution in [0.1, 0.15) is 110 Å². The smallest absolute Gasteiger partial charge is 0.550 e. The third-order valence-electron chi connectivity index (χ3n) is 5.61. The van der Waals surface area contributed by atoms with Gasteiger partial charge in [-0.1, -0.05) is 90.4 Å². The number of carbonyl (C=O) groups is 2. The Bertz CT molecular complexity index is 387. The molecule has 0 aromatic rings. The zero-order chi connectivity index (χ0) is 19.0. The largest absolute Gasteiger partial charge is 1.00 e. The number of carboxylic acids is 1. The molecule has 4 nitrogen and oxygen atoms in total. The second-order valence-electron chi connectivity index (χ2n) is 7.87. The van der Waals surface area contributed by atoms with Crippen LogP contribution in [-0.2, 0) is 14.3 Å². The van der Waals surface area contributed by atoms with Crippen molar-refractivity contribution >= 4 is 11.9 Å². The van der Waals surface area contributed by atoms with Gasteiger partial charge in [-0.2, -0.15) is 0 Å². The molecular weight excluding hydrogens is 351 g/mol. The molecule has 27 heavy (non-hydrogen) atoms. The minimum absolute atomic E-state index is 0. The number of carboxylic acid groups (broad SMARTS) is 1. The fourth-order valence-electron chi connectivity index (χ4n) is 3.92. The van der Waals surface area contributed by atoms with Gasteiger partial charge >= 0.3 is 35.5 Å². The monoisotopic (exact) mass is 390 g/mol. The number of hydrogen-bond donors (Lipinski definition) is 0. The molecule has 1 aliphatic rings. The first-order valence-corrected chi connectivity index (χ1v) is 11.0. The van der Waals surface area contributed by atoms with Crippen LogP contribution in [-0.4, -0.2) is 18.5 Å². The van der Waals surface area contributed by atoms with E-state index in [-0.39, 0.29) is 35.5 Å². The minimum Gasteiger partial charge on any atom is -0.550 e. The molecule has 0 aromatic carbocycles. The first-order chi connectivity index (χ1) is 12.7. The van der Waals surface area contributed by atoms with E-state index in [9.17, 15) is 14.7 Å². The molecule has 5 heteroatoms. The van der Waals surface area contributed by atoms with Gasteiger partial charge in [0.25, 0.3) is 0 Å². The van der Waals surface area contributed by atoms with Crippen LogP contribution in [0.3, 0.4) is 0 Å². The maximum Gasteiger partial charge on any atom is 1.00 e. The van der Waals surface area contributed by atoms with E-state index in [1.54, 1.807) is 0 Å². The van der Waals surface area contributed by atoms with Gasteiger partial charge in [-0.3, -0.25) is 4.79 Å². The Morgan fingerprint density at radius 2 is 1.22 bits per heavy atom. The van der Waals surface area contributed by atoms with Gasteiger partial charge in [-0.25, -0.2) is 0 Å². The maximum atomic E-state index is 12.1.